The zero-order valence-electron chi connectivity index (χ0n) is 19.4. The minimum atomic E-state index is -0.364. The van der Waals surface area contributed by atoms with Gasteiger partial charge in [-0.1, -0.05) is 55.0 Å². The van der Waals surface area contributed by atoms with Crippen LogP contribution in [-0.4, -0.2) is 18.4 Å². The van der Waals surface area contributed by atoms with Crippen LogP contribution in [0.3, 0.4) is 0 Å². The zero-order valence-corrected chi connectivity index (χ0v) is 19.4. The second kappa shape index (κ2) is 9.33. The van der Waals surface area contributed by atoms with Crippen molar-refractivity contribution in [3.8, 4) is 5.75 Å². The molecule has 0 aromatic heterocycles. The van der Waals surface area contributed by atoms with Gasteiger partial charge in [-0.25, -0.2) is 4.90 Å². The lowest BCUT2D eigenvalue weighted by Crippen LogP contribution is -2.33. The van der Waals surface area contributed by atoms with E-state index in [0.717, 1.165) is 34.5 Å². The number of benzene rings is 3. The van der Waals surface area contributed by atoms with Gasteiger partial charge in [-0.15, -0.1) is 0 Å². The molecular formula is C28H28N2O3. The summed E-state index contributed by atoms with van der Waals surface area (Å²) in [5.74, 6) is 0.0272. The maximum Gasteiger partial charge on any atom is 0.282 e. The summed E-state index contributed by atoms with van der Waals surface area (Å²) in [7, 11) is 0. The lowest BCUT2D eigenvalue weighted by molar-refractivity contribution is -0.120. The molecule has 0 fully saturated rings. The average Bonchev–Trinajstić information content (AvgIpc) is 3.04. The summed E-state index contributed by atoms with van der Waals surface area (Å²) >= 11 is 0. The van der Waals surface area contributed by atoms with E-state index in [1.165, 1.54) is 4.90 Å². The molecule has 1 N–H and O–H groups in total. The van der Waals surface area contributed by atoms with Crippen molar-refractivity contribution in [1.29, 1.82) is 0 Å². The van der Waals surface area contributed by atoms with Crippen LogP contribution in [0.2, 0.25) is 0 Å². The van der Waals surface area contributed by atoms with Gasteiger partial charge >= 0.3 is 0 Å². The summed E-state index contributed by atoms with van der Waals surface area (Å²) in [6.45, 7) is 8.54. The van der Waals surface area contributed by atoms with E-state index in [1.807, 2.05) is 94.4 Å². The SMILES string of the molecule is CCCOc1ccc(C2=C(Nc3ccccc3C)C(=O)N(c3ccc(C)cc3C)C2=O)cc1. The smallest absolute Gasteiger partial charge is 0.282 e. The first-order valence-corrected chi connectivity index (χ1v) is 11.2. The van der Waals surface area contributed by atoms with E-state index in [1.54, 1.807) is 0 Å². The second-order valence-electron chi connectivity index (χ2n) is 8.30. The van der Waals surface area contributed by atoms with Gasteiger partial charge in [0, 0.05) is 5.69 Å². The highest BCUT2D eigenvalue weighted by atomic mass is 16.5. The molecule has 5 nitrogen and oxygen atoms in total. The quantitative estimate of drug-likeness (QED) is 0.472. The van der Waals surface area contributed by atoms with Gasteiger partial charge in [0.15, 0.2) is 0 Å². The van der Waals surface area contributed by atoms with Crippen LogP contribution in [0.4, 0.5) is 11.4 Å². The summed E-state index contributed by atoms with van der Waals surface area (Å²) in [5, 5.41) is 3.25. The van der Waals surface area contributed by atoms with E-state index in [0.29, 0.717) is 23.4 Å². The molecule has 5 heteroatoms. The van der Waals surface area contributed by atoms with Crippen molar-refractivity contribution >= 4 is 28.8 Å². The first kappa shape index (κ1) is 22.3. The Balaban J connectivity index is 1.79. The van der Waals surface area contributed by atoms with Gasteiger partial charge < -0.3 is 10.1 Å². The Morgan fingerprint density at radius 3 is 2.24 bits per heavy atom. The largest absolute Gasteiger partial charge is 0.494 e. The van der Waals surface area contributed by atoms with Gasteiger partial charge in [-0.05, 0) is 68.1 Å². The molecule has 3 aromatic carbocycles. The number of hydrogen-bond donors (Lipinski definition) is 1. The van der Waals surface area contributed by atoms with Crippen LogP contribution in [-0.2, 0) is 9.59 Å². The molecule has 1 aliphatic rings. The molecule has 0 aliphatic carbocycles. The third-order valence-corrected chi connectivity index (χ3v) is 5.70. The van der Waals surface area contributed by atoms with Gasteiger partial charge in [0.05, 0.1) is 17.9 Å². The first-order chi connectivity index (χ1) is 15.9. The van der Waals surface area contributed by atoms with E-state index in [-0.39, 0.29) is 17.5 Å². The molecule has 1 aliphatic heterocycles. The van der Waals surface area contributed by atoms with Crippen molar-refractivity contribution in [2.24, 2.45) is 0 Å². The number of para-hydroxylation sites is 1. The van der Waals surface area contributed by atoms with Crippen molar-refractivity contribution in [2.75, 3.05) is 16.8 Å². The molecule has 1 heterocycles. The van der Waals surface area contributed by atoms with E-state index >= 15 is 0 Å². The minimum absolute atomic E-state index is 0.275. The maximum absolute atomic E-state index is 13.7. The lowest BCUT2D eigenvalue weighted by atomic mass is 10.0. The highest BCUT2D eigenvalue weighted by Crippen LogP contribution is 2.36. The Hall–Kier alpha value is -3.86. The molecule has 0 saturated heterocycles. The lowest BCUT2D eigenvalue weighted by Gasteiger charge is -2.18. The second-order valence-corrected chi connectivity index (χ2v) is 8.30. The Bertz CT molecular complexity index is 1240. The summed E-state index contributed by atoms with van der Waals surface area (Å²) < 4.78 is 5.68. The van der Waals surface area contributed by atoms with Crippen LogP contribution in [0.25, 0.3) is 5.57 Å². The molecule has 33 heavy (non-hydrogen) atoms. The predicted molar refractivity (Wildman–Crippen MR) is 132 cm³/mol. The van der Waals surface area contributed by atoms with Gasteiger partial charge in [-0.3, -0.25) is 9.59 Å². The fourth-order valence-corrected chi connectivity index (χ4v) is 3.97. The van der Waals surface area contributed by atoms with Gasteiger partial charge in [0.25, 0.3) is 11.8 Å². The number of carbonyl (C=O) groups is 2. The third kappa shape index (κ3) is 4.40. The zero-order chi connectivity index (χ0) is 23.5. The molecule has 0 atom stereocenters. The van der Waals surface area contributed by atoms with Crippen molar-refractivity contribution in [3.63, 3.8) is 0 Å². The van der Waals surface area contributed by atoms with Gasteiger partial charge in [0.2, 0.25) is 0 Å². The molecule has 168 valence electrons. The number of amides is 2. The standard InChI is InChI=1S/C28H28N2O3/c1-5-16-33-22-13-11-21(12-14-22)25-26(29-23-9-7-6-8-19(23)3)28(32)30(27(25)31)24-15-10-18(2)17-20(24)4/h6-15,17,29H,5,16H2,1-4H3. The van der Waals surface area contributed by atoms with Crippen LogP contribution in [0.15, 0.2) is 72.4 Å². The van der Waals surface area contributed by atoms with E-state index < -0.39 is 0 Å². The number of aryl methyl sites for hydroxylation is 3. The molecule has 4 rings (SSSR count). The number of hydrogen-bond acceptors (Lipinski definition) is 4. The highest BCUT2D eigenvalue weighted by Gasteiger charge is 2.40. The number of nitrogens with one attached hydrogen (secondary N) is 1. The normalized spacial score (nSPS) is 13.6. The number of anilines is 2. The van der Waals surface area contributed by atoms with Gasteiger partial charge in [-0.2, -0.15) is 0 Å². The molecule has 0 unspecified atom stereocenters. The van der Waals surface area contributed by atoms with E-state index in [9.17, 15) is 9.59 Å². The Kier molecular flexibility index (Phi) is 6.31. The van der Waals surface area contributed by atoms with E-state index in [4.69, 9.17) is 4.74 Å². The Morgan fingerprint density at radius 1 is 0.848 bits per heavy atom. The monoisotopic (exact) mass is 440 g/mol. The Morgan fingerprint density at radius 2 is 1.58 bits per heavy atom. The fourth-order valence-electron chi connectivity index (χ4n) is 3.97. The third-order valence-electron chi connectivity index (χ3n) is 5.70. The Labute approximate surface area is 194 Å². The van der Waals surface area contributed by atoms with Crippen molar-refractivity contribution in [2.45, 2.75) is 34.1 Å². The number of nitrogens with zero attached hydrogens (tertiary/aromatic N) is 1. The van der Waals surface area contributed by atoms with Crippen molar-refractivity contribution in [1.82, 2.24) is 0 Å². The van der Waals surface area contributed by atoms with Gasteiger partial charge in [0.1, 0.15) is 11.4 Å². The molecule has 2 amide bonds. The number of imide groups is 1. The molecule has 0 saturated carbocycles. The number of rotatable bonds is 7. The van der Waals surface area contributed by atoms with Crippen LogP contribution >= 0.6 is 0 Å². The summed E-state index contributed by atoms with van der Waals surface area (Å²) in [4.78, 5) is 28.6. The van der Waals surface area contributed by atoms with Crippen LogP contribution in [0.1, 0.15) is 35.6 Å². The van der Waals surface area contributed by atoms with Crippen LogP contribution < -0.4 is 15.0 Å². The average molecular weight is 441 g/mol. The van der Waals surface area contributed by atoms with Crippen LogP contribution in [0.5, 0.6) is 5.75 Å². The molecule has 0 bridgehead atoms. The molecular weight excluding hydrogens is 412 g/mol. The molecule has 0 radical (unpaired) electrons. The van der Waals surface area contributed by atoms with Crippen molar-refractivity contribution < 1.29 is 14.3 Å². The highest BCUT2D eigenvalue weighted by molar-refractivity contribution is 6.46. The molecule has 3 aromatic rings. The number of carbonyl (C=O) groups excluding carboxylic acids is 2. The maximum atomic E-state index is 13.7. The summed E-state index contributed by atoms with van der Waals surface area (Å²) in [6.07, 6.45) is 0.912. The minimum Gasteiger partial charge on any atom is -0.494 e. The molecule has 0 spiro atoms. The fraction of sp³-hybridized carbons (Fsp3) is 0.214. The van der Waals surface area contributed by atoms with E-state index in [2.05, 4.69) is 5.32 Å². The van der Waals surface area contributed by atoms with Crippen LogP contribution in [0, 0.1) is 20.8 Å². The summed E-state index contributed by atoms with van der Waals surface area (Å²) in [5.41, 5.74) is 5.61. The predicted octanol–water partition coefficient (Wildman–Crippen LogP) is 5.80. The topological polar surface area (TPSA) is 58.6 Å². The van der Waals surface area contributed by atoms with Crippen molar-refractivity contribution in [3.05, 3.63) is 94.7 Å². The first-order valence-electron chi connectivity index (χ1n) is 11.2. The number of ether oxygens (including phenoxy) is 1. The summed E-state index contributed by atoms with van der Waals surface area (Å²) in [6, 6.07) is 20.8.